The van der Waals surface area contributed by atoms with E-state index in [1.165, 1.54) is 22.2 Å². The Bertz CT molecular complexity index is 501. The molecule has 88 valence electrons. The lowest BCUT2D eigenvalue weighted by atomic mass is 9.78. The molecule has 0 aliphatic heterocycles. The molecule has 0 fully saturated rings. The number of rotatable bonds is 0. The van der Waals surface area contributed by atoms with E-state index in [0.717, 1.165) is 0 Å². The highest BCUT2D eigenvalue weighted by Crippen LogP contribution is 2.38. The van der Waals surface area contributed by atoms with Crippen molar-refractivity contribution in [1.29, 1.82) is 0 Å². The smallest absolute Gasteiger partial charge is 0.0636 e. The van der Waals surface area contributed by atoms with E-state index in [2.05, 4.69) is 57.7 Å². The second-order valence-electron chi connectivity index (χ2n) is 6.66. The predicted molar refractivity (Wildman–Crippen MR) is 70.0 cm³/mol. The minimum absolute atomic E-state index is 0.161. The molecule has 2 aromatic heterocycles. The lowest BCUT2D eigenvalue weighted by Crippen LogP contribution is -2.21. The van der Waals surface area contributed by atoms with Crippen LogP contribution in [-0.2, 0) is 10.8 Å². The number of fused-ring (bicyclic) bond motifs is 1. The lowest BCUT2D eigenvalue weighted by molar-refractivity contribution is 0.524. The van der Waals surface area contributed by atoms with E-state index in [9.17, 15) is 0 Å². The summed E-state index contributed by atoms with van der Waals surface area (Å²) in [6.07, 6.45) is 4.14. The van der Waals surface area contributed by atoms with Crippen LogP contribution in [0.25, 0.3) is 10.9 Å². The number of aromatic nitrogens is 2. The fraction of sp³-hybridized carbons (Fsp3) is 0.571. The number of H-pyrrole nitrogens is 2. The maximum absolute atomic E-state index is 3.56. The van der Waals surface area contributed by atoms with Crippen LogP contribution in [0.1, 0.15) is 52.8 Å². The van der Waals surface area contributed by atoms with Gasteiger partial charge in [-0.1, -0.05) is 41.5 Å². The van der Waals surface area contributed by atoms with Crippen molar-refractivity contribution >= 4 is 10.9 Å². The van der Waals surface area contributed by atoms with E-state index in [1.807, 2.05) is 6.20 Å². The minimum atomic E-state index is 0.161. The zero-order valence-corrected chi connectivity index (χ0v) is 11.2. The van der Waals surface area contributed by atoms with Gasteiger partial charge in [0, 0.05) is 28.9 Å². The minimum Gasteiger partial charge on any atom is -0.365 e. The van der Waals surface area contributed by atoms with Crippen LogP contribution in [0.4, 0.5) is 0 Å². The third-order valence-corrected chi connectivity index (χ3v) is 3.02. The molecule has 2 nitrogen and oxygen atoms in total. The first-order valence-corrected chi connectivity index (χ1v) is 5.90. The second-order valence-corrected chi connectivity index (χ2v) is 6.66. The molecule has 2 rings (SSSR count). The molecular weight excluding hydrogens is 196 g/mol. The monoisotopic (exact) mass is 218 g/mol. The van der Waals surface area contributed by atoms with Gasteiger partial charge < -0.3 is 9.97 Å². The fourth-order valence-corrected chi connectivity index (χ4v) is 2.35. The van der Waals surface area contributed by atoms with Crippen LogP contribution >= 0.6 is 0 Å². The summed E-state index contributed by atoms with van der Waals surface area (Å²) >= 11 is 0. The predicted octanol–water partition coefficient (Wildman–Crippen LogP) is 4.09. The molecule has 2 aromatic rings. The van der Waals surface area contributed by atoms with E-state index in [0.29, 0.717) is 0 Å². The topological polar surface area (TPSA) is 31.6 Å². The van der Waals surface area contributed by atoms with Crippen molar-refractivity contribution in [3.63, 3.8) is 0 Å². The van der Waals surface area contributed by atoms with Gasteiger partial charge in [-0.2, -0.15) is 0 Å². The molecule has 2 heterocycles. The summed E-state index contributed by atoms with van der Waals surface area (Å²) in [5, 5.41) is 1.33. The Morgan fingerprint density at radius 2 is 1.50 bits per heavy atom. The molecule has 0 saturated heterocycles. The van der Waals surface area contributed by atoms with Crippen molar-refractivity contribution in [3.8, 4) is 0 Å². The van der Waals surface area contributed by atoms with Gasteiger partial charge in [0.05, 0.1) is 5.52 Å². The summed E-state index contributed by atoms with van der Waals surface area (Å²) < 4.78 is 0. The molecular formula is C14H22N2. The Kier molecular flexibility index (Phi) is 2.23. The average molecular weight is 218 g/mol. The summed E-state index contributed by atoms with van der Waals surface area (Å²) in [6.45, 7) is 13.6. The Balaban J connectivity index is 2.79. The Morgan fingerprint density at radius 1 is 0.875 bits per heavy atom. The molecule has 0 atom stereocenters. The summed E-state index contributed by atoms with van der Waals surface area (Å²) in [4.78, 5) is 6.74. The standard InChI is InChI=1S/C14H22N2/c1-13(2,3)11-9-7-15-8-10(9)16-12(11)14(4,5)6/h7-8,15-16H,1-6H3. The molecule has 0 saturated carbocycles. The first-order chi connectivity index (χ1) is 7.21. The van der Waals surface area contributed by atoms with Gasteiger partial charge in [-0.25, -0.2) is 0 Å². The SMILES string of the molecule is CC(C)(C)c1[nH]c2c[nH]cc2c1C(C)(C)C. The summed E-state index contributed by atoms with van der Waals surface area (Å²) in [5.74, 6) is 0. The van der Waals surface area contributed by atoms with Crippen LogP contribution < -0.4 is 0 Å². The molecule has 2 heteroatoms. The van der Waals surface area contributed by atoms with Gasteiger partial charge >= 0.3 is 0 Å². The summed E-state index contributed by atoms with van der Waals surface area (Å²) in [6, 6.07) is 0. The molecule has 0 bridgehead atoms. The molecule has 16 heavy (non-hydrogen) atoms. The first-order valence-electron chi connectivity index (χ1n) is 5.90. The Labute approximate surface area is 97.5 Å². The van der Waals surface area contributed by atoms with E-state index in [-0.39, 0.29) is 10.8 Å². The van der Waals surface area contributed by atoms with Crippen LogP contribution in [0, 0.1) is 0 Å². The van der Waals surface area contributed by atoms with E-state index >= 15 is 0 Å². The average Bonchev–Trinajstić information content (AvgIpc) is 2.53. The van der Waals surface area contributed by atoms with Crippen molar-refractivity contribution in [2.75, 3.05) is 0 Å². The zero-order valence-electron chi connectivity index (χ0n) is 11.2. The normalized spacial score (nSPS) is 13.6. The van der Waals surface area contributed by atoms with Gasteiger partial charge in [0.15, 0.2) is 0 Å². The van der Waals surface area contributed by atoms with Crippen molar-refractivity contribution in [1.82, 2.24) is 9.97 Å². The summed E-state index contributed by atoms with van der Waals surface area (Å²) in [7, 11) is 0. The lowest BCUT2D eigenvalue weighted by Gasteiger charge is -2.26. The maximum Gasteiger partial charge on any atom is 0.0636 e. The molecule has 0 aromatic carbocycles. The van der Waals surface area contributed by atoms with Crippen LogP contribution in [0.2, 0.25) is 0 Å². The van der Waals surface area contributed by atoms with Crippen molar-refractivity contribution in [3.05, 3.63) is 23.7 Å². The number of hydrogen-bond acceptors (Lipinski definition) is 0. The van der Waals surface area contributed by atoms with Gasteiger partial charge in [-0.05, 0) is 11.0 Å². The third-order valence-electron chi connectivity index (χ3n) is 3.02. The molecule has 0 amide bonds. The van der Waals surface area contributed by atoms with E-state index in [4.69, 9.17) is 0 Å². The maximum atomic E-state index is 3.56. The molecule has 0 unspecified atom stereocenters. The highest BCUT2D eigenvalue weighted by Gasteiger charge is 2.29. The number of hydrogen-bond donors (Lipinski definition) is 2. The molecule has 0 radical (unpaired) electrons. The Morgan fingerprint density at radius 3 is 2.00 bits per heavy atom. The second kappa shape index (κ2) is 3.16. The van der Waals surface area contributed by atoms with Gasteiger partial charge in [0.2, 0.25) is 0 Å². The van der Waals surface area contributed by atoms with E-state index < -0.39 is 0 Å². The highest BCUT2D eigenvalue weighted by atomic mass is 14.8. The van der Waals surface area contributed by atoms with Gasteiger partial charge in [-0.15, -0.1) is 0 Å². The zero-order chi connectivity index (χ0) is 12.1. The largest absolute Gasteiger partial charge is 0.365 e. The molecule has 2 N–H and O–H groups in total. The first kappa shape index (κ1) is 11.3. The molecule has 0 spiro atoms. The Hall–Kier alpha value is -1.18. The summed E-state index contributed by atoms with van der Waals surface area (Å²) in [5.41, 5.74) is 4.35. The quantitative estimate of drug-likeness (QED) is 0.667. The van der Waals surface area contributed by atoms with Crippen molar-refractivity contribution in [2.45, 2.75) is 52.4 Å². The molecule has 0 aliphatic carbocycles. The fourth-order valence-electron chi connectivity index (χ4n) is 2.35. The number of nitrogens with one attached hydrogen (secondary N) is 2. The van der Waals surface area contributed by atoms with Crippen LogP contribution in [0.15, 0.2) is 12.4 Å². The van der Waals surface area contributed by atoms with Gasteiger partial charge in [0.1, 0.15) is 0 Å². The van der Waals surface area contributed by atoms with Gasteiger partial charge in [0.25, 0.3) is 0 Å². The van der Waals surface area contributed by atoms with Crippen molar-refractivity contribution < 1.29 is 0 Å². The number of aromatic amines is 2. The van der Waals surface area contributed by atoms with Crippen LogP contribution in [0.5, 0.6) is 0 Å². The molecule has 0 aliphatic rings. The van der Waals surface area contributed by atoms with Crippen LogP contribution in [-0.4, -0.2) is 9.97 Å². The van der Waals surface area contributed by atoms with E-state index in [1.54, 1.807) is 0 Å². The highest BCUT2D eigenvalue weighted by molar-refractivity contribution is 5.85. The van der Waals surface area contributed by atoms with Crippen LogP contribution in [0.3, 0.4) is 0 Å². The van der Waals surface area contributed by atoms with Crippen molar-refractivity contribution in [2.24, 2.45) is 0 Å². The van der Waals surface area contributed by atoms with Gasteiger partial charge in [-0.3, -0.25) is 0 Å². The third kappa shape index (κ3) is 1.66.